The van der Waals surface area contributed by atoms with E-state index in [2.05, 4.69) is 4.98 Å². The van der Waals surface area contributed by atoms with Crippen molar-refractivity contribution >= 4 is 10.9 Å². The maximum absolute atomic E-state index is 14.2. The van der Waals surface area contributed by atoms with Crippen LogP contribution in [0.3, 0.4) is 0 Å². The lowest BCUT2D eigenvalue weighted by Gasteiger charge is -2.11. The van der Waals surface area contributed by atoms with Crippen molar-refractivity contribution in [3.8, 4) is 17.0 Å². The van der Waals surface area contributed by atoms with E-state index < -0.39 is 0 Å². The lowest BCUT2D eigenvalue weighted by molar-refractivity contribution is 0.341. The summed E-state index contributed by atoms with van der Waals surface area (Å²) in [5.41, 5.74) is 9.23. The number of hydrogen-bond acceptors (Lipinski definition) is 2. The van der Waals surface area contributed by atoms with Crippen LogP contribution in [0.15, 0.2) is 42.5 Å². The van der Waals surface area contributed by atoms with Crippen LogP contribution in [0, 0.1) is 5.82 Å². The standard InChI is InChI=1S/C20H23FN2O/c1-2-24-18-12-4-3-9-16(18)19-14(8-5-6-13-22)15-10-7-11-17(21)20(15)23-19/h3-4,7,9-12,23H,2,5-6,8,13,22H2,1H3. The monoisotopic (exact) mass is 326 g/mol. The van der Waals surface area contributed by atoms with Gasteiger partial charge in [-0.05, 0) is 56.5 Å². The molecule has 0 aliphatic heterocycles. The van der Waals surface area contributed by atoms with Gasteiger partial charge >= 0.3 is 0 Å². The van der Waals surface area contributed by atoms with Gasteiger partial charge in [0, 0.05) is 10.9 Å². The summed E-state index contributed by atoms with van der Waals surface area (Å²) in [7, 11) is 0. The number of fused-ring (bicyclic) bond motifs is 1. The van der Waals surface area contributed by atoms with Gasteiger partial charge in [-0.2, -0.15) is 0 Å². The van der Waals surface area contributed by atoms with E-state index in [0.717, 1.165) is 47.2 Å². The Kier molecular flexibility index (Phi) is 5.16. The molecule has 0 saturated heterocycles. The number of aromatic nitrogens is 1. The summed E-state index contributed by atoms with van der Waals surface area (Å²) in [4.78, 5) is 3.29. The number of ether oxygens (including phenoxy) is 1. The minimum atomic E-state index is -0.229. The molecular weight excluding hydrogens is 303 g/mol. The van der Waals surface area contributed by atoms with Gasteiger partial charge in [-0.1, -0.05) is 24.3 Å². The maximum atomic E-state index is 14.2. The summed E-state index contributed by atoms with van der Waals surface area (Å²) in [5.74, 6) is 0.583. The largest absolute Gasteiger partial charge is 0.493 e. The van der Waals surface area contributed by atoms with Crippen molar-refractivity contribution in [2.75, 3.05) is 13.2 Å². The quantitative estimate of drug-likeness (QED) is 0.621. The molecule has 0 saturated carbocycles. The number of para-hydroxylation sites is 2. The van der Waals surface area contributed by atoms with Gasteiger partial charge < -0.3 is 15.5 Å². The Labute approximate surface area is 141 Å². The normalized spacial score (nSPS) is 11.1. The third kappa shape index (κ3) is 3.15. The number of aryl methyl sites for hydroxylation is 1. The number of nitrogens with two attached hydrogens (primary N) is 1. The minimum absolute atomic E-state index is 0.229. The van der Waals surface area contributed by atoms with Gasteiger partial charge in [0.2, 0.25) is 0 Å². The van der Waals surface area contributed by atoms with Crippen LogP contribution in [0.1, 0.15) is 25.3 Å². The summed E-state index contributed by atoms with van der Waals surface area (Å²) >= 11 is 0. The fourth-order valence-corrected chi connectivity index (χ4v) is 3.13. The molecule has 3 rings (SSSR count). The third-order valence-electron chi connectivity index (χ3n) is 4.23. The average Bonchev–Trinajstić information content (AvgIpc) is 2.96. The van der Waals surface area contributed by atoms with E-state index in [0.29, 0.717) is 18.7 Å². The van der Waals surface area contributed by atoms with Gasteiger partial charge in [-0.25, -0.2) is 4.39 Å². The van der Waals surface area contributed by atoms with E-state index in [4.69, 9.17) is 10.5 Å². The zero-order valence-electron chi connectivity index (χ0n) is 13.9. The molecule has 24 heavy (non-hydrogen) atoms. The fraction of sp³-hybridized carbons (Fsp3) is 0.300. The molecule has 1 heterocycles. The van der Waals surface area contributed by atoms with Crippen molar-refractivity contribution < 1.29 is 9.13 Å². The fourth-order valence-electron chi connectivity index (χ4n) is 3.13. The highest BCUT2D eigenvalue weighted by molar-refractivity contribution is 5.92. The van der Waals surface area contributed by atoms with Gasteiger partial charge in [0.15, 0.2) is 0 Å². The molecule has 0 fully saturated rings. The van der Waals surface area contributed by atoms with Crippen LogP contribution < -0.4 is 10.5 Å². The molecular formula is C20H23FN2O. The first-order valence-electron chi connectivity index (χ1n) is 8.47. The Hall–Kier alpha value is -2.33. The van der Waals surface area contributed by atoms with Crippen molar-refractivity contribution in [3.05, 3.63) is 53.8 Å². The maximum Gasteiger partial charge on any atom is 0.147 e. The molecule has 0 aliphatic carbocycles. The smallest absolute Gasteiger partial charge is 0.147 e. The Balaban J connectivity index is 2.16. The predicted octanol–water partition coefficient (Wildman–Crippen LogP) is 4.65. The number of unbranched alkanes of at least 4 members (excludes halogenated alkanes) is 1. The minimum Gasteiger partial charge on any atom is -0.493 e. The Bertz CT molecular complexity index is 826. The van der Waals surface area contributed by atoms with E-state index in [-0.39, 0.29) is 5.82 Å². The number of rotatable bonds is 7. The molecule has 0 unspecified atom stereocenters. The van der Waals surface area contributed by atoms with Crippen LogP contribution in [-0.4, -0.2) is 18.1 Å². The molecule has 3 aromatic rings. The molecule has 2 aromatic carbocycles. The van der Waals surface area contributed by atoms with Gasteiger partial charge in [-0.15, -0.1) is 0 Å². The molecule has 0 bridgehead atoms. The van der Waals surface area contributed by atoms with Crippen LogP contribution in [0.25, 0.3) is 22.2 Å². The first-order chi connectivity index (χ1) is 11.8. The first-order valence-corrected chi connectivity index (χ1v) is 8.47. The molecule has 0 amide bonds. The van der Waals surface area contributed by atoms with Crippen LogP contribution >= 0.6 is 0 Å². The highest BCUT2D eigenvalue weighted by Gasteiger charge is 2.17. The topological polar surface area (TPSA) is 51.0 Å². The van der Waals surface area contributed by atoms with Gasteiger partial charge in [0.25, 0.3) is 0 Å². The third-order valence-corrected chi connectivity index (χ3v) is 4.23. The number of halogens is 1. The second kappa shape index (κ2) is 7.49. The molecule has 3 N–H and O–H groups in total. The average molecular weight is 326 g/mol. The summed E-state index contributed by atoms with van der Waals surface area (Å²) in [5, 5.41) is 0.938. The van der Waals surface area contributed by atoms with Crippen molar-refractivity contribution in [2.45, 2.75) is 26.2 Å². The summed E-state index contributed by atoms with van der Waals surface area (Å²) in [6.07, 6.45) is 2.79. The molecule has 0 radical (unpaired) electrons. The van der Waals surface area contributed by atoms with Gasteiger partial charge in [-0.3, -0.25) is 0 Å². The molecule has 0 atom stereocenters. The Morgan fingerprint density at radius 1 is 1.08 bits per heavy atom. The number of aromatic amines is 1. The van der Waals surface area contributed by atoms with Crippen LogP contribution in [-0.2, 0) is 6.42 Å². The van der Waals surface area contributed by atoms with Crippen molar-refractivity contribution in [3.63, 3.8) is 0 Å². The Morgan fingerprint density at radius 3 is 2.71 bits per heavy atom. The Morgan fingerprint density at radius 2 is 1.92 bits per heavy atom. The number of H-pyrrole nitrogens is 1. The van der Waals surface area contributed by atoms with E-state index in [1.807, 2.05) is 37.3 Å². The summed E-state index contributed by atoms with van der Waals surface area (Å²) in [6.45, 7) is 3.22. The summed E-state index contributed by atoms with van der Waals surface area (Å²) in [6, 6.07) is 13.1. The summed E-state index contributed by atoms with van der Waals surface area (Å²) < 4.78 is 20.0. The van der Waals surface area contributed by atoms with Crippen molar-refractivity contribution in [1.82, 2.24) is 4.98 Å². The highest BCUT2D eigenvalue weighted by Crippen LogP contribution is 2.37. The number of benzene rings is 2. The van der Waals surface area contributed by atoms with Crippen LogP contribution in [0.5, 0.6) is 5.75 Å². The molecule has 126 valence electrons. The molecule has 1 aromatic heterocycles. The van der Waals surface area contributed by atoms with E-state index in [1.54, 1.807) is 6.07 Å². The molecule has 0 aliphatic rings. The number of hydrogen-bond donors (Lipinski definition) is 2. The van der Waals surface area contributed by atoms with Crippen LogP contribution in [0.2, 0.25) is 0 Å². The number of nitrogens with one attached hydrogen (secondary N) is 1. The van der Waals surface area contributed by atoms with Gasteiger partial charge in [0.1, 0.15) is 11.6 Å². The first kappa shape index (κ1) is 16.5. The predicted molar refractivity (Wildman–Crippen MR) is 96.9 cm³/mol. The second-order valence-corrected chi connectivity index (χ2v) is 5.82. The van der Waals surface area contributed by atoms with Crippen molar-refractivity contribution in [1.29, 1.82) is 0 Å². The van der Waals surface area contributed by atoms with E-state index in [1.165, 1.54) is 6.07 Å². The highest BCUT2D eigenvalue weighted by atomic mass is 19.1. The SMILES string of the molecule is CCOc1ccccc1-c1[nH]c2c(F)cccc2c1CCCCN. The van der Waals surface area contributed by atoms with Gasteiger partial charge in [0.05, 0.1) is 17.8 Å². The zero-order chi connectivity index (χ0) is 16.9. The second-order valence-electron chi connectivity index (χ2n) is 5.82. The molecule has 3 nitrogen and oxygen atoms in total. The van der Waals surface area contributed by atoms with E-state index >= 15 is 0 Å². The van der Waals surface area contributed by atoms with Crippen LogP contribution in [0.4, 0.5) is 4.39 Å². The zero-order valence-corrected chi connectivity index (χ0v) is 13.9. The molecule has 0 spiro atoms. The lowest BCUT2D eigenvalue weighted by Crippen LogP contribution is -2.00. The van der Waals surface area contributed by atoms with Crippen molar-refractivity contribution in [2.24, 2.45) is 5.73 Å². The van der Waals surface area contributed by atoms with E-state index in [9.17, 15) is 4.39 Å². The lowest BCUT2D eigenvalue weighted by atomic mass is 9.99. The molecule has 4 heteroatoms.